The molecule has 0 fully saturated rings. The molecule has 0 aliphatic carbocycles. The van der Waals surface area contributed by atoms with Crippen LogP contribution in [0.4, 0.5) is 5.69 Å². The molecule has 2 aromatic carbocycles. The van der Waals surface area contributed by atoms with E-state index in [0.29, 0.717) is 12.2 Å². The van der Waals surface area contributed by atoms with Gasteiger partial charge in [0, 0.05) is 5.69 Å². The summed E-state index contributed by atoms with van der Waals surface area (Å²) in [6.07, 6.45) is 1.25. The van der Waals surface area contributed by atoms with Gasteiger partial charge in [-0.15, -0.1) is 0 Å². The summed E-state index contributed by atoms with van der Waals surface area (Å²) < 4.78 is 0. The van der Waals surface area contributed by atoms with Crippen molar-refractivity contribution in [1.82, 2.24) is 4.98 Å². The fourth-order valence-electron chi connectivity index (χ4n) is 2.99. The standard InChI is InChI=1S/C22H22N2O2.C3H8.2C2H6.Rb/c1-16-13-14-20(25)23-21(16)17(2)22(26)24(19-11-7-4-8-12-19)15-18-9-5-3-6-10-18;1-3-2;2*1-2;/h3-14,17H,15H2,1-2H3,(H,23,25);3H2,1-2H3;2*1-2H3;/q;;;;+1/p-1. The second-order valence-corrected chi connectivity index (χ2v) is 7.03. The number of hydrogen-bond donors (Lipinski definition) is 0. The van der Waals surface area contributed by atoms with Gasteiger partial charge in [-0.1, -0.05) is 109 Å². The van der Waals surface area contributed by atoms with E-state index < -0.39 is 5.92 Å². The van der Waals surface area contributed by atoms with Gasteiger partial charge >= 0.3 is 58.2 Å². The van der Waals surface area contributed by atoms with Gasteiger partial charge in [-0.05, 0) is 43.0 Å². The molecule has 34 heavy (non-hydrogen) atoms. The van der Waals surface area contributed by atoms with Gasteiger partial charge in [0.15, 0.2) is 0 Å². The van der Waals surface area contributed by atoms with Crippen LogP contribution in [0.1, 0.15) is 77.6 Å². The van der Waals surface area contributed by atoms with Crippen molar-refractivity contribution in [2.24, 2.45) is 0 Å². The Labute approximate surface area is 256 Å². The molecule has 0 aliphatic rings. The van der Waals surface area contributed by atoms with E-state index in [1.165, 1.54) is 12.5 Å². The van der Waals surface area contributed by atoms with E-state index in [2.05, 4.69) is 18.8 Å². The van der Waals surface area contributed by atoms with Crippen LogP contribution in [0.2, 0.25) is 0 Å². The molecule has 1 unspecified atom stereocenters. The van der Waals surface area contributed by atoms with Gasteiger partial charge in [0.25, 0.3) is 0 Å². The fraction of sp³-hybridized carbons (Fsp3) is 0.379. The molecule has 3 aromatic rings. The van der Waals surface area contributed by atoms with E-state index >= 15 is 0 Å². The van der Waals surface area contributed by atoms with E-state index in [1.807, 2.05) is 95.3 Å². The fourth-order valence-corrected chi connectivity index (χ4v) is 2.99. The second kappa shape index (κ2) is 21.0. The molecule has 0 saturated heterocycles. The van der Waals surface area contributed by atoms with Gasteiger partial charge < -0.3 is 10.0 Å². The predicted octanol–water partition coefficient (Wildman–Crippen LogP) is 4.27. The van der Waals surface area contributed by atoms with Crippen molar-refractivity contribution in [3.05, 3.63) is 89.6 Å². The average Bonchev–Trinajstić information content (AvgIpc) is 2.87. The van der Waals surface area contributed by atoms with Crippen LogP contribution in [0.3, 0.4) is 0 Å². The van der Waals surface area contributed by atoms with Gasteiger partial charge in [-0.2, -0.15) is 0 Å². The Bertz CT molecular complexity index is 903. The smallest absolute Gasteiger partial charge is 0.859 e. The van der Waals surface area contributed by atoms with Gasteiger partial charge in [-0.25, -0.2) is 0 Å². The minimum atomic E-state index is -0.507. The van der Waals surface area contributed by atoms with Crippen molar-refractivity contribution in [3.63, 3.8) is 0 Å². The normalized spacial score (nSPS) is 9.88. The number of amides is 1. The number of hydrogen-bond acceptors (Lipinski definition) is 3. The summed E-state index contributed by atoms with van der Waals surface area (Å²) in [5.41, 5.74) is 3.25. The SMILES string of the molecule is CC.CC.CCC.Cc1ccc([O-])nc1C(C)C(=O)N(Cc1ccccc1)c1ccccc1.[Rb+]. The zero-order valence-corrected chi connectivity index (χ0v) is 27.5. The first-order valence-corrected chi connectivity index (χ1v) is 12.0. The molecular formula is C29H41N2O2Rb. The average molecular weight is 535 g/mol. The maximum atomic E-state index is 13.3. The first-order valence-electron chi connectivity index (χ1n) is 12.0. The molecule has 0 bridgehead atoms. The number of nitrogens with zero attached hydrogens (tertiary/aromatic N) is 2. The summed E-state index contributed by atoms with van der Waals surface area (Å²) >= 11 is 0. The second-order valence-electron chi connectivity index (χ2n) is 7.03. The molecule has 3 rings (SSSR count). The summed E-state index contributed by atoms with van der Waals surface area (Å²) in [5.74, 6) is -0.909. The third-order valence-electron chi connectivity index (χ3n) is 4.41. The molecular weight excluding hydrogens is 494 g/mol. The maximum Gasteiger partial charge on any atom is 1.00 e. The van der Waals surface area contributed by atoms with Crippen LogP contribution in [0.25, 0.3) is 0 Å². The quantitative estimate of drug-likeness (QED) is 0.491. The van der Waals surface area contributed by atoms with E-state index in [0.717, 1.165) is 16.8 Å². The van der Waals surface area contributed by atoms with E-state index in [-0.39, 0.29) is 70.0 Å². The monoisotopic (exact) mass is 534 g/mol. The Kier molecular flexibility index (Phi) is 21.5. The number of anilines is 1. The molecule has 0 radical (unpaired) electrons. The molecule has 0 N–H and O–H groups in total. The van der Waals surface area contributed by atoms with Crippen LogP contribution < -0.4 is 68.2 Å². The van der Waals surface area contributed by atoms with Crippen LogP contribution >= 0.6 is 0 Å². The van der Waals surface area contributed by atoms with Crippen molar-refractivity contribution in [2.45, 2.75) is 74.3 Å². The van der Waals surface area contributed by atoms with Gasteiger partial charge in [0.05, 0.1) is 18.2 Å². The van der Waals surface area contributed by atoms with Gasteiger partial charge in [-0.3, -0.25) is 9.78 Å². The van der Waals surface area contributed by atoms with Crippen molar-refractivity contribution < 1.29 is 68.1 Å². The number of para-hydroxylation sites is 1. The molecule has 0 aliphatic heterocycles. The molecule has 1 amide bonds. The van der Waals surface area contributed by atoms with Crippen LogP contribution in [-0.4, -0.2) is 10.9 Å². The van der Waals surface area contributed by atoms with Gasteiger partial charge in [0.1, 0.15) is 0 Å². The third kappa shape index (κ3) is 11.9. The zero-order chi connectivity index (χ0) is 25.2. The van der Waals surface area contributed by atoms with Crippen LogP contribution in [-0.2, 0) is 11.3 Å². The van der Waals surface area contributed by atoms with Crippen molar-refractivity contribution >= 4 is 11.6 Å². The summed E-state index contributed by atoms with van der Waals surface area (Å²) in [6.45, 7) is 16.4. The van der Waals surface area contributed by atoms with Gasteiger partial charge in [0.2, 0.25) is 5.91 Å². The molecule has 0 saturated carbocycles. The Morgan fingerprint density at radius 2 is 1.35 bits per heavy atom. The Morgan fingerprint density at radius 1 is 0.882 bits per heavy atom. The molecule has 1 atom stereocenters. The number of benzene rings is 2. The Hall–Kier alpha value is -1.33. The van der Waals surface area contributed by atoms with E-state index in [9.17, 15) is 9.90 Å². The summed E-state index contributed by atoms with van der Waals surface area (Å²) in [7, 11) is 0. The number of carbonyl (C=O) groups excluding carboxylic acids is 1. The number of pyridine rings is 1. The Balaban J connectivity index is 0. The minimum absolute atomic E-state index is 0. The maximum absolute atomic E-state index is 13.3. The minimum Gasteiger partial charge on any atom is -0.859 e. The van der Waals surface area contributed by atoms with Crippen LogP contribution in [0, 0.1) is 6.92 Å². The molecule has 1 heterocycles. The predicted molar refractivity (Wildman–Crippen MR) is 140 cm³/mol. The molecule has 1 aromatic heterocycles. The molecule has 4 nitrogen and oxygen atoms in total. The first kappa shape index (κ1) is 34.8. The summed E-state index contributed by atoms with van der Waals surface area (Å²) in [5, 5.41) is 11.7. The molecule has 180 valence electrons. The van der Waals surface area contributed by atoms with E-state index in [4.69, 9.17) is 0 Å². The van der Waals surface area contributed by atoms with E-state index in [1.54, 1.807) is 17.9 Å². The third-order valence-corrected chi connectivity index (χ3v) is 4.41. The van der Waals surface area contributed by atoms with Crippen molar-refractivity contribution in [3.8, 4) is 5.88 Å². The number of aromatic nitrogens is 1. The summed E-state index contributed by atoms with van der Waals surface area (Å²) in [4.78, 5) is 19.1. The number of rotatable bonds is 5. The van der Waals surface area contributed by atoms with Crippen molar-refractivity contribution in [2.75, 3.05) is 4.90 Å². The molecule has 0 spiro atoms. The van der Waals surface area contributed by atoms with Crippen LogP contribution in [0.15, 0.2) is 72.8 Å². The number of carbonyl (C=O) groups is 1. The largest absolute Gasteiger partial charge is 1.00 e. The Morgan fingerprint density at radius 3 is 1.85 bits per heavy atom. The summed E-state index contributed by atoms with van der Waals surface area (Å²) in [6, 6.07) is 22.6. The first-order chi connectivity index (χ1) is 16.0. The van der Waals surface area contributed by atoms with Crippen LogP contribution in [0.5, 0.6) is 5.88 Å². The topological polar surface area (TPSA) is 56.3 Å². The number of aryl methyl sites for hydroxylation is 1. The zero-order valence-electron chi connectivity index (χ0n) is 22.6. The van der Waals surface area contributed by atoms with Crippen molar-refractivity contribution in [1.29, 1.82) is 0 Å². The molecule has 5 heteroatoms.